The molecule has 2 heterocycles. The van der Waals surface area contributed by atoms with Gasteiger partial charge in [-0.15, -0.1) is 0 Å². The lowest BCUT2D eigenvalue weighted by Crippen LogP contribution is -2.59. The summed E-state index contributed by atoms with van der Waals surface area (Å²) in [6, 6.07) is 0. The summed E-state index contributed by atoms with van der Waals surface area (Å²) in [4.78, 5) is 15.1. The van der Waals surface area contributed by atoms with Crippen LogP contribution in [0.1, 0.15) is 92.4 Å². The first-order valence-corrected chi connectivity index (χ1v) is 14.7. The van der Waals surface area contributed by atoms with E-state index in [1.54, 1.807) is 0 Å². The molecule has 5 heteroatoms. The summed E-state index contributed by atoms with van der Waals surface area (Å²) in [6.07, 6.45) is 8.74. The number of ether oxygens (including phenoxy) is 1. The van der Waals surface area contributed by atoms with Crippen molar-refractivity contribution in [2.45, 2.75) is 117 Å². The van der Waals surface area contributed by atoms with Crippen LogP contribution in [0.5, 0.6) is 0 Å². The Morgan fingerprint density at radius 1 is 0.943 bits per heavy atom. The molecule has 7 rings (SSSR count). The molecular formula is C30H47NO4. The summed E-state index contributed by atoms with van der Waals surface area (Å²) < 4.78 is 6.64. The van der Waals surface area contributed by atoms with Gasteiger partial charge in [-0.25, -0.2) is 0 Å². The quantitative estimate of drug-likeness (QED) is 0.578. The van der Waals surface area contributed by atoms with E-state index in [9.17, 15) is 15.0 Å². The fourth-order valence-corrected chi connectivity index (χ4v) is 12.2. The fraction of sp³-hybridized carbons (Fsp3) is 0.967. The molecule has 2 aliphatic heterocycles. The number of aliphatic hydroxyl groups excluding tert-OH is 2. The van der Waals surface area contributed by atoms with Gasteiger partial charge in [0.05, 0.1) is 18.3 Å². The van der Waals surface area contributed by atoms with Gasteiger partial charge in [0, 0.05) is 18.5 Å². The molecule has 7 fully saturated rings. The van der Waals surface area contributed by atoms with E-state index in [2.05, 4.69) is 34.6 Å². The van der Waals surface area contributed by atoms with Gasteiger partial charge >= 0.3 is 0 Å². The highest BCUT2D eigenvalue weighted by atomic mass is 16.5. The van der Waals surface area contributed by atoms with Crippen LogP contribution in [0, 0.1) is 50.7 Å². The monoisotopic (exact) mass is 485 g/mol. The maximum atomic E-state index is 13.1. The maximum absolute atomic E-state index is 13.1. The molecule has 7 unspecified atom stereocenters. The Labute approximate surface area is 211 Å². The molecular weight excluding hydrogens is 438 g/mol. The number of rotatable bonds is 1. The molecule has 0 aromatic rings. The summed E-state index contributed by atoms with van der Waals surface area (Å²) >= 11 is 0. The van der Waals surface area contributed by atoms with Crippen molar-refractivity contribution in [2.75, 3.05) is 13.1 Å². The number of aliphatic hydroxyl groups is 2. The highest BCUT2D eigenvalue weighted by Crippen LogP contribution is 2.89. The Morgan fingerprint density at radius 3 is 2.31 bits per heavy atom. The lowest BCUT2D eigenvalue weighted by Gasteiger charge is -2.63. The summed E-state index contributed by atoms with van der Waals surface area (Å²) in [6.45, 7) is 13.6. The van der Waals surface area contributed by atoms with E-state index in [1.807, 2.05) is 4.90 Å². The van der Waals surface area contributed by atoms with Gasteiger partial charge in [-0.3, -0.25) is 4.79 Å². The molecule has 0 bridgehead atoms. The molecule has 2 saturated heterocycles. The molecule has 35 heavy (non-hydrogen) atoms. The van der Waals surface area contributed by atoms with Crippen molar-refractivity contribution < 1.29 is 19.7 Å². The van der Waals surface area contributed by atoms with Crippen LogP contribution in [-0.2, 0) is 9.53 Å². The van der Waals surface area contributed by atoms with Gasteiger partial charge in [0.1, 0.15) is 6.10 Å². The largest absolute Gasteiger partial charge is 0.393 e. The number of carbonyl (C=O) groups is 1. The maximum Gasteiger partial charge on any atom is 0.251 e. The SMILES string of the molecule is C[C@@H]1CC(C(=O)N2CCC2)OC2[C@H]1C1(C)CCC34CC35CCC(O)C(C)(C)[C@@H]5CCC4[C@]1(C)[C@H]2O. The summed E-state index contributed by atoms with van der Waals surface area (Å²) in [5.41, 5.74) is 0.527. The van der Waals surface area contributed by atoms with Crippen LogP contribution in [0.2, 0.25) is 0 Å². The Balaban J connectivity index is 1.24. The Kier molecular flexibility index (Phi) is 4.60. The number of fused-ring (bicyclic) bond motifs is 4. The van der Waals surface area contributed by atoms with Crippen molar-refractivity contribution in [3.05, 3.63) is 0 Å². The molecule has 7 aliphatic rings. The van der Waals surface area contributed by atoms with Crippen LogP contribution in [0.25, 0.3) is 0 Å². The lowest BCUT2D eigenvalue weighted by atomic mass is 9.41. The van der Waals surface area contributed by atoms with Gasteiger partial charge in [0.2, 0.25) is 0 Å². The van der Waals surface area contributed by atoms with E-state index in [0.717, 1.165) is 51.6 Å². The van der Waals surface area contributed by atoms with Crippen molar-refractivity contribution >= 4 is 5.91 Å². The zero-order valence-corrected chi connectivity index (χ0v) is 22.6. The third-order valence-electron chi connectivity index (χ3n) is 14.2. The molecule has 0 radical (unpaired) electrons. The molecule has 12 atom stereocenters. The van der Waals surface area contributed by atoms with Crippen molar-refractivity contribution in [1.82, 2.24) is 4.90 Å². The molecule has 0 aromatic carbocycles. The van der Waals surface area contributed by atoms with Gasteiger partial charge in [0.25, 0.3) is 5.91 Å². The predicted molar refractivity (Wildman–Crippen MR) is 133 cm³/mol. The second kappa shape index (κ2) is 6.86. The first-order valence-electron chi connectivity index (χ1n) is 14.7. The molecule has 5 nitrogen and oxygen atoms in total. The highest BCUT2D eigenvalue weighted by Gasteiger charge is 2.84. The van der Waals surface area contributed by atoms with E-state index < -0.39 is 6.10 Å². The molecule has 1 amide bonds. The van der Waals surface area contributed by atoms with E-state index in [0.29, 0.717) is 34.5 Å². The third kappa shape index (κ3) is 2.46. The number of carbonyl (C=O) groups excluding carboxylic acids is 1. The molecule has 5 saturated carbocycles. The van der Waals surface area contributed by atoms with Crippen LogP contribution in [-0.4, -0.2) is 58.5 Å². The molecule has 2 spiro atoms. The molecule has 196 valence electrons. The summed E-state index contributed by atoms with van der Waals surface area (Å²) in [5, 5.41) is 23.1. The van der Waals surface area contributed by atoms with Crippen molar-refractivity contribution in [1.29, 1.82) is 0 Å². The molecule has 0 aromatic heterocycles. The minimum Gasteiger partial charge on any atom is -0.393 e. The van der Waals surface area contributed by atoms with Crippen molar-refractivity contribution in [3.63, 3.8) is 0 Å². The number of hydrogen-bond donors (Lipinski definition) is 2. The number of hydrogen-bond acceptors (Lipinski definition) is 4. The van der Waals surface area contributed by atoms with E-state index in [1.165, 1.54) is 19.3 Å². The first kappa shape index (κ1) is 23.5. The molecule has 2 N–H and O–H groups in total. The van der Waals surface area contributed by atoms with E-state index in [-0.39, 0.29) is 40.5 Å². The topological polar surface area (TPSA) is 70.0 Å². The van der Waals surface area contributed by atoms with E-state index in [4.69, 9.17) is 4.74 Å². The predicted octanol–water partition coefficient (Wildman–Crippen LogP) is 4.39. The van der Waals surface area contributed by atoms with Gasteiger partial charge in [-0.1, -0.05) is 34.6 Å². The number of likely N-dealkylation sites (tertiary alicyclic amines) is 1. The van der Waals surface area contributed by atoms with E-state index >= 15 is 0 Å². The third-order valence-corrected chi connectivity index (χ3v) is 14.2. The second-order valence-electron chi connectivity index (χ2n) is 15.2. The highest BCUT2D eigenvalue weighted by molar-refractivity contribution is 5.81. The fourth-order valence-electron chi connectivity index (χ4n) is 12.2. The average molecular weight is 486 g/mol. The van der Waals surface area contributed by atoms with Crippen molar-refractivity contribution in [3.8, 4) is 0 Å². The van der Waals surface area contributed by atoms with Gasteiger partial charge in [0.15, 0.2) is 0 Å². The van der Waals surface area contributed by atoms with Crippen molar-refractivity contribution in [2.24, 2.45) is 50.7 Å². The average Bonchev–Trinajstić information content (AvgIpc) is 3.40. The number of amides is 1. The zero-order chi connectivity index (χ0) is 24.8. The zero-order valence-electron chi connectivity index (χ0n) is 22.6. The van der Waals surface area contributed by atoms with Crippen LogP contribution in [0.4, 0.5) is 0 Å². The van der Waals surface area contributed by atoms with Gasteiger partial charge in [-0.05, 0) is 103 Å². The van der Waals surface area contributed by atoms with Crippen LogP contribution < -0.4 is 0 Å². The summed E-state index contributed by atoms with van der Waals surface area (Å²) in [5.74, 6) is 1.96. The standard InChI is InChI=1S/C30H47NO4/c1-17-15-18(25(34)31-13-6-14-31)35-23-22(17)27(4)11-12-30-16-29(30)10-9-21(32)26(2,3)19(29)7-8-20(30)28(27,5)24(23)33/h17-24,32-33H,6-16H2,1-5H3/t17-,18?,19+,20?,21?,22+,23?,24+,27?,28-,29?,30?/m1/s1. The first-order chi connectivity index (χ1) is 16.4. The van der Waals surface area contributed by atoms with Gasteiger partial charge < -0.3 is 19.8 Å². The smallest absolute Gasteiger partial charge is 0.251 e. The van der Waals surface area contributed by atoms with Crippen LogP contribution in [0.3, 0.4) is 0 Å². The second-order valence-corrected chi connectivity index (χ2v) is 15.2. The Bertz CT molecular complexity index is 947. The summed E-state index contributed by atoms with van der Waals surface area (Å²) in [7, 11) is 0. The van der Waals surface area contributed by atoms with Crippen LogP contribution >= 0.6 is 0 Å². The minimum atomic E-state index is -0.509. The molecule has 5 aliphatic carbocycles. The number of nitrogens with zero attached hydrogens (tertiary/aromatic N) is 1. The van der Waals surface area contributed by atoms with Gasteiger partial charge in [-0.2, -0.15) is 0 Å². The Hall–Kier alpha value is -0.650. The normalized spacial score (nSPS) is 59.8. The Morgan fingerprint density at radius 2 is 1.63 bits per heavy atom. The van der Waals surface area contributed by atoms with Crippen LogP contribution in [0.15, 0.2) is 0 Å². The minimum absolute atomic E-state index is 0.0152. The lowest BCUT2D eigenvalue weighted by molar-refractivity contribution is -0.183.